The summed E-state index contributed by atoms with van der Waals surface area (Å²) in [5, 5.41) is -2.79. The fourth-order valence-corrected chi connectivity index (χ4v) is 3.70. The third kappa shape index (κ3) is 2.97. The molecule has 3 rings (SSSR count). The number of rotatable bonds is 6. The van der Waals surface area contributed by atoms with Crippen LogP contribution in [0.5, 0.6) is 0 Å². The molecule has 0 radical (unpaired) electrons. The molecule has 2 aliphatic carbocycles. The average molecular weight is 341 g/mol. The maximum atomic E-state index is 13.3. The topological polar surface area (TPSA) is 105 Å². The van der Waals surface area contributed by atoms with Gasteiger partial charge in [-0.2, -0.15) is 17.2 Å². The zero-order valence-corrected chi connectivity index (χ0v) is 12.4. The first-order chi connectivity index (χ1) is 10.2. The molecule has 3 aliphatic rings. The highest BCUT2D eigenvalue weighted by Gasteiger charge is 2.55. The molecule has 2 N–H and O–H groups in total. The lowest BCUT2D eigenvalue weighted by Crippen LogP contribution is -2.52. The lowest BCUT2D eigenvalue weighted by Gasteiger charge is -2.30. The molecular formula is C12H17F2NO6S. The molecule has 10 heteroatoms. The fraction of sp³-hybridized carbons (Fsp3) is 0.917. The number of carbonyl (C=O) groups is 1. The van der Waals surface area contributed by atoms with E-state index in [4.69, 9.17) is 14.0 Å². The molecule has 0 aromatic heterocycles. The van der Waals surface area contributed by atoms with Crippen LogP contribution >= 0.6 is 0 Å². The maximum Gasteiger partial charge on any atom is 0.446 e. The van der Waals surface area contributed by atoms with Gasteiger partial charge in [-0.05, 0) is 25.2 Å². The monoisotopic (exact) mass is 341 g/mol. The summed E-state index contributed by atoms with van der Waals surface area (Å²) >= 11 is 0. The molecule has 1 aliphatic heterocycles. The van der Waals surface area contributed by atoms with Crippen LogP contribution in [0, 0.1) is 11.8 Å². The largest absolute Gasteiger partial charge is 0.446 e. The molecular weight excluding hydrogens is 324 g/mol. The van der Waals surface area contributed by atoms with Crippen LogP contribution in [0.4, 0.5) is 8.78 Å². The molecule has 22 heavy (non-hydrogen) atoms. The van der Waals surface area contributed by atoms with Gasteiger partial charge in [-0.15, -0.1) is 0 Å². The van der Waals surface area contributed by atoms with Crippen LogP contribution in [0.15, 0.2) is 0 Å². The van der Waals surface area contributed by atoms with Gasteiger partial charge in [0.25, 0.3) is 0 Å². The Kier molecular flexibility index (Phi) is 3.91. The molecule has 0 spiro atoms. The van der Waals surface area contributed by atoms with Crippen molar-refractivity contribution < 1.29 is 36.0 Å². The van der Waals surface area contributed by atoms with Crippen molar-refractivity contribution in [3.63, 3.8) is 0 Å². The summed E-state index contributed by atoms with van der Waals surface area (Å²) in [6, 6.07) is -0.566. The van der Waals surface area contributed by atoms with Crippen molar-refractivity contribution in [1.29, 1.82) is 0 Å². The van der Waals surface area contributed by atoms with E-state index in [0.717, 1.165) is 12.8 Å². The summed E-state index contributed by atoms with van der Waals surface area (Å²) in [6.45, 7) is 1.09. The molecule has 5 unspecified atom stereocenters. The summed E-state index contributed by atoms with van der Waals surface area (Å²) in [7, 11) is -5.78. The minimum atomic E-state index is -5.78. The van der Waals surface area contributed by atoms with Gasteiger partial charge in [0.15, 0.2) is 0 Å². The number of carbonyl (C=O) groups excluding carboxylic acids is 1. The SMILES string of the molecule is O=C(NC1CC2CC(OCC3CO3)C1C2)C(F)(F)S(=O)(=O)O. The number of hydrogen-bond donors (Lipinski definition) is 2. The van der Waals surface area contributed by atoms with Gasteiger partial charge < -0.3 is 14.8 Å². The predicted molar refractivity (Wildman–Crippen MR) is 68.7 cm³/mol. The number of ether oxygens (including phenoxy) is 2. The first-order valence-corrected chi connectivity index (χ1v) is 8.51. The molecule has 1 saturated heterocycles. The van der Waals surface area contributed by atoms with Gasteiger partial charge in [0.05, 0.1) is 19.3 Å². The van der Waals surface area contributed by atoms with Crippen LogP contribution in [-0.4, -0.2) is 55.6 Å². The van der Waals surface area contributed by atoms with Crippen LogP contribution in [-0.2, 0) is 24.4 Å². The van der Waals surface area contributed by atoms with E-state index in [0.29, 0.717) is 19.6 Å². The highest BCUT2D eigenvalue weighted by Crippen LogP contribution is 2.46. The van der Waals surface area contributed by atoms with E-state index in [1.165, 1.54) is 0 Å². The van der Waals surface area contributed by atoms with Gasteiger partial charge >= 0.3 is 21.3 Å². The highest BCUT2D eigenvalue weighted by molar-refractivity contribution is 7.87. The quantitative estimate of drug-likeness (QED) is 0.527. The Morgan fingerprint density at radius 2 is 2.05 bits per heavy atom. The number of alkyl halides is 2. The lowest BCUT2D eigenvalue weighted by molar-refractivity contribution is -0.137. The van der Waals surface area contributed by atoms with Crippen molar-refractivity contribution in [2.24, 2.45) is 11.8 Å². The van der Waals surface area contributed by atoms with Gasteiger partial charge in [0.2, 0.25) is 0 Å². The van der Waals surface area contributed by atoms with E-state index in [1.807, 2.05) is 0 Å². The molecule has 3 fully saturated rings. The van der Waals surface area contributed by atoms with Crippen molar-refractivity contribution in [3.8, 4) is 0 Å². The molecule has 126 valence electrons. The van der Waals surface area contributed by atoms with Gasteiger partial charge in [-0.1, -0.05) is 0 Å². The molecule has 0 aromatic rings. The van der Waals surface area contributed by atoms with E-state index in [9.17, 15) is 22.0 Å². The number of fused-ring (bicyclic) bond motifs is 2. The normalized spacial score (nSPS) is 37.3. The van der Waals surface area contributed by atoms with E-state index >= 15 is 0 Å². The summed E-state index contributed by atoms with van der Waals surface area (Å²) in [5.74, 6) is -1.85. The average Bonchev–Trinajstić information content (AvgIpc) is 3.05. The third-order valence-electron chi connectivity index (χ3n) is 4.56. The van der Waals surface area contributed by atoms with E-state index < -0.39 is 27.3 Å². The van der Waals surface area contributed by atoms with E-state index in [2.05, 4.69) is 5.32 Å². The number of amides is 1. The summed E-state index contributed by atoms with van der Waals surface area (Å²) in [6.07, 6.45) is 2.01. The lowest BCUT2D eigenvalue weighted by atomic mass is 9.92. The molecule has 7 nitrogen and oxygen atoms in total. The van der Waals surface area contributed by atoms with Crippen LogP contribution in [0.1, 0.15) is 19.3 Å². The maximum absolute atomic E-state index is 13.3. The fourth-order valence-electron chi connectivity index (χ4n) is 3.41. The second kappa shape index (κ2) is 5.36. The zero-order chi connectivity index (χ0) is 16.1. The minimum Gasteiger partial charge on any atom is -0.375 e. The summed E-state index contributed by atoms with van der Waals surface area (Å²) in [5.41, 5.74) is 0. The van der Waals surface area contributed by atoms with Gasteiger partial charge in [0.1, 0.15) is 6.10 Å². The van der Waals surface area contributed by atoms with E-state index in [-0.39, 0.29) is 24.0 Å². The highest BCUT2D eigenvalue weighted by atomic mass is 32.2. The summed E-state index contributed by atoms with van der Waals surface area (Å²) in [4.78, 5) is 11.5. The molecule has 2 bridgehead atoms. The van der Waals surface area contributed by atoms with Crippen molar-refractivity contribution >= 4 is 16.0 Å². The Balaban J connectivity index is 1.59. The zero-order valence-electron chi connectivity index (χ0n) is 11.6. The Bertz CT molecular complexity index is 564. The van der Waals surface area contributed by atoms with Gasteiger partial charge in [-0.25, -0.2) is 0 Å². The minimum absolute atomic E-state index is 0.0935. The number of halogens is 2. The number of epoxide rings is 1. The smallest absolute Gasteiger partial charge is 0.375 e. The Hall–Kier alpha value is -0.840. The molecule has 1 heterocycles. The van der Waals surface area contributed by atoms with Crippen molar-refractivity contribution in [2.75, 3.05) is 13.2 Å². The number of hydrogen-bond acceptors (Lipinski definition) is 5. The van der Waals surface area contributed by atoms with Crippen molar-refractivity contribution in [1.82, 2.24) is 5.32 Å². The van der Waals surface area contributed by atoms with Crippen LogP contribution in [0.2, 0.25) is 0 Å². The Morgan fingerprint density at radius 3 is 2.59 bits per heavy atom. The first-order valence-electron chi connectivity index (χ1n) is 7.07. The second-order valence-corrected chi connectivity index (χ2v) is 7.60. The standard InChI is InChI=1S/C12H17F2NO6S/c13-12(14,22(17,18)19)11(16)15-9-2-6-1-8(9)10(3-6)21-5-7-4-20-7/h6-10H,1-5H2,(H,15,16)(H,17,18,19). The van der Waals surface area contributed by atoms with Crippen LogP contribution < -0.4 is 5.32 Å². The number of nitrogens with one attached hydrogen (secondary N) is 1. The second-order valence-electron chi connectivity index (χ2n) is 6.14. The molecule has 1 amide bonds. The van der Waals surface area contributed by atoms with Crippen molar-refractivity contribution in [3.05, 3.63) is 0 Å². The predicted octanol–water partition coefficient (Wildman–Crippen LogP) is 0.166. The Labute approximate surface area is 126 Å². The first kappa shape index (κ1) is 16.0. The summed E-state index contributed by atoms with van der Waals surface area (Å²) < 4.78 is 66.9. The van der Waals surface area contributed by atoms with Gasteiger partial charge in [-0.3, -0.25) is 9.35 Å². The third-order valence-corrected chi connectivity index (χ3v) is 5.39. The van der Waals surface area contributed by atoms with E-state index in [1.54, 1.807) is 0 Å². The Morgan fingerprint density at radius 1 is 1.36 bits per heavy atom. The molecule has 2 saturated carbocycles. The molecule has 0 aromatic carbocycles. The van der Waals surface area contributed by atoms with Crippen LogP contribution in [0.3, 0.4) is 0 Å². The molecule has 5 atom stereocenters. The van der Waals surface area contributed by atoms with Crippen molar-refractivity contribution in [2.45, 2.75) is 42.8 Å². The van der Waals surface area contributed by atoms with Crippen LogP contribution in [0.25, 0.3) is 0 Å². The van der Waals surface area contributed by atoms with Gasteiger partial charge in [0, 0.05) is 12.0 Å².